The number of carbonyl (C=O) groups excluding carboxylic acids is 1. The number of hydrogen-bond acceptors (Lipinski definition) is 2. The van der Waals surface area contributed by atoms with Crippen molar-refractivity contribution >= 4 is 12.0 Å². The van der Waals surface area contributed by atoms with Crippen molar-refractivity contribution in [3.8, 4) is 5.75 Å². The number of rotatable bonds is 7. The lowest BCUT2D eigenvalue weighted by Gasteiger charge is -2.22. The smallest absolute Gasteiger partial charge is 0.244 e. The van der Waals surface area contributed by atoms with E-state index in [1.165, 1.54) is 5.56 Å². The number of amides is 1. The second-order valence-corrected chi connectivity index (χ2v) is 6.43. The zero-order valence-electron chi connectivity index (χ0n) is 15.5. The normalized spacial score (nSPS) is 12.4. The highest BCUT2D eigenvalue weighted by atomic mass is 16.5. The molecule has 1 amide bonds. The van der Waals surface area contributed by atoms with Crippen molar-refractivity contribution in [3.05, 3.63) is 71.3 Å². The average molecular weight is 337 g/mol. The lowest BCUT2D eigenvalue weighted by Crippen LogP contribution is -2.30. The molecule has 0 spiro atoms. The Kier molecular flexibility index (Phi) is 6.81. The lowest BCUT2D eigenvalue weighted by molar-refractivity contribution is -0.117. The first-order valence-electron chi connectivity index (χ1n) is 8.75. The highest BCUT2D eigenvalue weighted by Crippen LogP contribution is 2.22. The Bertz CT molecular complexity index is 700. The van der Waals surface area contributed by atoms with Crippen LogP contribution in [-0.4, -0.2) is 13.0 Å². The fraction of sp³-hybridized carbons (Fsp3) is 0.318. The van der Waals surface area contributed by atoms with E-state index in [4.69, 9.17) is 4.74 Å². The van der Waals surface area contributed by atoms with Crippen LogP contribution in [0.15, 0.2) is 54.6 Å². The Morgan fingerprint density at radius 1 is 1.08 bits per heavy atom. The van der Waals surface area contributed by atoms with Crippen LogP contribution in [0.3, 0.4) is 0 Å². The summed E-state index contributed by atoms with van der Waals surface area (Å²) in [6.07, 6.45) is 4.41. The standard InChI is InChI=1S/C22H27NO2/c1-5-17-6-11-19(12-7-17)22(16(2)3)23-21(24)15-10-18-8-13-20(25-4)14-9-18/h6-16,22H,5H2,1-4H3,(H,23,24)/b15-10+. The number of ether oxygens (including phenoxy) is 1. The number of methoxy groups -OCH3 is 1. The SMILES string of the molecule is CCc1ccc(C(NC(=O)/C=C/c2ccc(OC)cc2)C(C)C)cc1. The van der Waals surface area contributed by atoms with Gasteiger partial charge in [-0.05, 0) is 47.2 Å². The molecule has 0 radical (unpaired) electrons. The van der Waals surface area contributed by atoms with Crippen LogP contribution in [0, 0.1) is 5.92 Å². The van der Waals surface area contributed by atoms with E-state index in [2.05, 4.69) is 50.4 Å². The molecule has 1 atom stereocenters. The highest BCUT2D eigenvalue weighted by molar-refractivity contribution is 5.92. The molecule has 0 aliphatic rings. The largest absolute Gasteiger partial charge is 0.497 e. The van der Waals surface area contributed by atoms with E-state index in [0.717, 1.165) is 23.3 Å². The molecular weight excluding hydrogens is 310 g/mol. The number of carbonyl (C=O) groups is 1. The molecule has 0 bridgehead atoms. The highest BCUT2D eigenvalue weighted by Gasteiger charge is 2.17. The number of nitrogens with one attached hydrogen (secondary N) is 1. The quantitative estimate of drug-likeness (QED) is 0.738. The van der Waals surface area contributed by atoms with E-state index in [1.54, 1.807) is 13.2 Å². The maximum absolute atomic E-state index is 12.3. The van der Waals surface area contributed by atoms with Crippen molar-refractivity contribution in [2.24, 2.45) is 5.92 Å². The van der Waals surface area contributed by atoms with E-state index in [0.29, 0.717) is 5.92 Å². The Morgan fingerprint density at radius 2 is 1.72 bits per heavy atom. The molecule has 3 nitrogen and oxygen atoms in total. The Balaban J connectivity index is 2.04. The van der Waals surface area contributed by atoms with Crippen molar-refractivity contribution in [1.29, 1.82) is 0 Å². The Hall–Kier alpha value is -2.55. The molecule has 3 heteroatoms. The molecule has 1 unspecified atom stereocenters. The minimum Gasteiger partial charge on any atom is -0.497 e. The summed E-state index contributed by atoms with van der Waals surface area (Å²) in [5.41, 5.74) is 3.40. The topological polar surface area (TPSA) is 38.3 Å². The summed E-state index contributed by atoms with van der Waals surface area (Å²) in [6.45, 7) is 6.37. The van der Waals surface area contributed by atoms with Gasteiger partial charge in [0.2, 0.25) is 5.91 Å². The molecule has 0 heterocycles. The molecule has 2 aromatic rings. The van der Waals surface area contributed by atoms with Crippen molar-refractivity contribution in [1.82, 2.24) is 5.32 Å². The molecule has 2 aromatic carbocycles. The molecule has 0 aliphatic carbocycles. The summed E-state index contributed by atoms with van der Waals surface area (Å²) in [6, 6.07) is 16.1. The van der Waals surface area contributed by atoms with Gasteiger partial charge in [0.25, 0.3) is 0 Å². The van der Waals surface area contributed by atoms with Gasteiger partial charge >= 0.3 is 0 Å². The van der Waals surface area contributed by atoms with Crippen LogP contribution in [-0.2, 0) is 11.2 Å². The summed E-state index contributed by atoms with van der Waals surface area (Å²) < 4.78 is 5.14. The van der Waals surface area contributed by atoms with Gasteiger partial charge in [0.1, 0.15) is 5.75 Å². The molecule has 25 heavy (non-hydrogen) atoms. The fourth-order valence-electron chi connectivity index (χ4n) is 2.68. The van der Waals surface area contributed by atoms with Crippen LogP contribution in [0.25, 0.3) is 6.08 Å². The third-order valence-corrected chi connectivity index (χ3v) is 4.25. The molecular formula is C22H27NO2. The maximum atomic E-state index is 12.3. The van der Waals surface area contributed by atoms with E-state index in [1.807, 2.05) is 30.3 Å². The van der Waals surface area contributed by atoms with Gasteiger partial charge in [0, 0.05) is 6.08 Å². The minimum atomic E-state index is -0.0888. The van der Waals surface area contributed by atoms with Gasteiger partial charge in [-0.25, -0.2) is 0 Å². The molecule has 2 rings (SSSR count). The Morgan fingerprint density at radius 3 is 2.24 bits per heavy atom. The van der Waals surface area contributed by atoms with E-state index in [-0.39, 0.29) is 11.9 Å². The second kappa shape index (κ2) is 9.07. The van der Waals surface area contributed by atoms with Crippen LogP contribution in [0.2, 0.25) is 0 Å². The number of aryl methyl sites for hydroxylation is 1. The third kappa shape index (κ3) is 5.49. The van der Waals surface area contributed by atoms with Crippen LogP contribution < -0.4 is 10.1 Å². The summed E-state index contributed by atoms with van der Waals surface area (Å²) in [5, 5.41) is 3.11. The van der Waals surface area contributed by atoms with Gasteiger partial charge in [-0.3, -0.25) is 4.79 Å². The van der Waals surface area contributed by atoms with Gasteiger partial charge in [0.05, 0.1) is 13.2 Å². The summed E-state index contributed by atoms with van der Waals surface area (Å²) >= 11 is 0. The molecule has 0 aliphatic heterocycles. The van der Waals surface area contributed by atoms with Gasteiger partial charge in [-0.15, -0.1) is 0 Å². The number of benzene rings is 2. The van der Waals surface area contributed by atoms with Crippen LogP contribution in [0.1, 0.15) is 43.5 Å². The predicted molar refractivity (Wildman–Crippen MR) is 104 cm³/mol. The minimum absolute atomic E-state index is 0.000997. The molecule has 1 N–H and O–H groups in total. The first-order valence-corrected chi connectivity index (χ1v) is 8.75. The first kappa shape index (κ1) is 18.8. The maximum Gasteiger partial charge on any atom is 0.244 e. The zero-order chi connectivity index (χ0) is 18.2. The fourth-order valence-corrected chi connectivity index (χ4v) is 2.68. The van der Waals surface area contributed by atoms with E-state index >= 15 is 0 Å². The molecule has 0 aromatic heterocycles. The predicted octanol–water partition coefficient (Wildman–Crippen LogP) is 4.78. The third-order valence-electron chi connectivity index (χ3n) is 4.25. The zero-order valence-corrected chi connectivity index (χ0v) is 15.5. The molecule has 132 valence electrons. The second-order valence-electron chi connectivity index (χ2n) is 6.43. The van der Waals surface area contributed by atoms with Crippen molar-refractivity contribution < 1.29 is 9.53 Å². The summed E-state index contributed by atoms with van der Waals surface area (Å²) in [4.78, 5) is 12.3. The summed E-state index contributed by atoms with van der Waals surface area (Å²) in [5.74, 6) is 1.02. The van der Waals surface area contributed by atoms with Crippen molar-refractivity contribution in [2.45, 2.75) is 33.2 Å². The Labute approximate surface area is 150 Å². The lowest BCUT2D eigenvalue weighted by atomic mass is 9.95. The number of hydrogen-bond donors (Lipinski definition) is 1. The van der Waals surface area contributed by atoms with Crippen LogP contribution in [0.5, 0.6) is 5.75 Å². The average Bonchev–Trinajstić information content (AvgIpc) is 2.64. The van der Waals surface area contributed by atoms with Gasteiger partial charge < -0.3 is 10.1 Å². The van der Waals surface area contributed by atoms with E-state index in [9.17, 15) is 4.79 Å². The van der Waals surface area contributed by atoms with Gasteiger partial charge in [0.15, 0.2) is 0 Å². The van der Waals surface area contributed by atoms with Gasteiger partial charge in [-0.2, -0.15) is 0 Å². The first-order chi connectivity index (χ1) is 12.0. The van der Waals surface area contributed by atoms with Gasteiger partial charge in [-0.1, -0.05) is 57.2 Å². The van der Waals surface area contributed by atoms with Crippen molar-refractivity contribution in [3.63, 3.8) is 0 Å². The van der Waals surface area contributed by atoms with Crippen LogP contribution >= 0.6 is 0 Å². The van der Waals surface area contributed by atoms with Crippen molar-refractivity contribution in [2.75, 3.05) is 7.11 Å². The monoisotopic (exact) mass is 337 g/mol. The molecule has 0 saturated carbocycles. The molecule has 0 saturated heterocycles. The van der Waals surface area contributed by atoms with Crippen LogP contribution in [0.4, 0.5) is 0 Å². The molecule has 0 fully saturated rings. The summed E-state index contributed by atoms with van der Waals surface area (Å²) in [7, 11) is 1.64. The van der Waals surface area contributed by atoms with E-state index < -0.39 is 0 Å².